The molecule has 0 bridgehead atoms. The topological polar surface area (TPSA) is 86.5 Å². The number of nitro benzene ring substituents is 1. The molecule has 0 atom stereocenters. The molecule has 0 amide bonds. The van der Waals surface area contributed by atoms with Crippen molar-refractivity contribution < 1.29 is 18.1 Å². The number of nitrogens with zero attached hydrogens (tertiary/aromatic N) is 1. The van der Waals surface area contributed by atoms with E-state index < -0.39 is 14.0 Å². The maximum atomic E-state index is 11.5. The van der Waals surface area contributed by atoms with Crippen LogP contribution in [0.15, 0.2) is 17.0 Å². The molecule has 1 rings (SSSR count). The van der Waals surface area contributed by atoms with E-state index in [-0.39, 0.29) is 16.3 Å². The predicted molar refractivity (Wildman–Crippen MR) is 71.3 cm³/mol. The number of unbranched alkanes of at least 4 members (excludes halogenated alkanes) is 1. The van der Waals surface area contributed by atoms with E-state index in [1.165, 1.54) is 6.07 Å². The second-order valence-corrected chi connectivity index (χ2v) is 6.52. The van der Waals surface area contributed by atoms with Gasteiger partial charge in [0.15, 0.2) is 0 Å². The third-order valence-electron chi connectivity index (χ3n) is 2.44. The highest BCUT2D eigenvalue weighted by Gasteiger charge is 2.23. The summed E-state index contributed by atoms with van der Waals surface area (Å²) in [6, 6.07) is 2.17. The summed E-state index contributed by atoms with van der Waals surface area (Å²) >= 11 is 0. The molecule has 6 nitrogen and oxygen atoms in total. The van der Waals surface area contributed by atoms with Crippen molar-refractivity contribution in [1.82, 2.24) is 0 Å². The summed E-state index contributed by atoms with van der Waals surface area (Å²) in [5.41, 5.74) is 0.0316. The number of hydrogen-bond donors (Lipinski definition) is 0. The SMILES string of the molecule is CCCCOc1c(C)cc([N+](=O)[O-])cc1S(=O)(=O)Cl. The first kappa shape index (κ1) is 15.7. The van der Waals surface area contributed by atoms with Crippen LogP contribution in [0.1, 0.15) is 25.3 Å². The number of hydrogen-bond acceptors (Lipinski definition) is 5. The lowest BCUT2D eigenvalue weighted by atomic mass is 10.2. The minimum Gasteiger partial charge on any atom is -0.492 e. The molecule has 0 N–H and O–H groups in total. The van der Waals surface area contributed by atoms with Crippen molar-refractivity contribution in [2.75, 3.05) is 6.61 Å². The lowest BCUT2D eigenvalue weighted by Gasteiger charge is -2.12. The maximum Gasteiger partial charge on any atom is 0.271 e. The Morgan fingerprint density at radius 3 is 2.53 bits per heavy atom. The number of aryl methyl sites for hydroxylation is 1. The monoisotopic (exact) mass is 307 g/mol. The van der Waals surface area contributed by atoms with Gasteiger partial charge in [-0.1, -0.05) is 13.3 Å². The standard InChI is InChI=1S/C11H14ClNO5S/c1-3-4-5-18-11-8(2)6-9(13(14)15)7-10(11)19(12,16)17/h6-7H,3-5H2,1-2H3. The van der Waals surface area contributed by atoms with Crippen LogP contribution in [0.3, 0.4) is 0 Å². The van der Waals surface area contributed by atoms with E-state index in [1.807, 2.05) is 6.92 Å². The van der Waals surface area contributed by atoms with Crippen LogP contribution in [-0.2, 0) is 9.05 Å². The fourth-order valence-electron chi connectivity index (χ4n) is 1.51. The van der Waals surface area contributed by atoms with Crippen LogP contribution in [0.4, 0.5) is 5.69 Å². The van der Waals surface area contributed by atoms with Crippen LogP contribution in [0.2, 0.25) is 0 Å². The molecule has 106 valence electrons. The van der Waals surface area contributed by atoms with E-state index in [2.05, 4.69) is 0 Å². The van der Waals surface area contributed by atoms with Crippen LogP contribution in [0.5, 0.6) is 5.75 Å². The molecule has 1 aromatic rings. The first-order valence-corrected chi connectivity index (χ1v) is 7.94. The molecule has 1 aromatic carbocycles. The van der Waals surface area contributed by atoms with Gasteiger partial charge in [0.25, 0.3) is 14.7 Å². The van der Waals surface area contributed by atoms with Crippen LogP contribution >= 0.6 is 10.7 Å². The van der Waals surface area contributed by atoms with Gasteiger partial charge in [-0.15, -0.1) is 0 Å². The average Bonchev–Trinajstić information content (AvgIpc) is 2.29. The summed E-state index contributed by atoms with van der Waals surface area (Å²) in [6.07, 6.45) is 1.63. The summed E-state index contributed by atoms with van der Waals surface area (Å²) in [7, 11) is 1.19. The summed E-state index contributed by atoms with van der Waals surface area (Å²) in [6.45, 7) is 3.83. The Morgan fingerprint density at radius 2 is 2.05 bits per heavy atom. The van der Waals surface area contributed by atoms with Crippen molar-refractivity contribution in [3.63, 3.8) is 0 Å². The van der Waals surface area contributed by atoms with E-state index >= 15 is 0 Å². The molecule has 0 aromatic heterocycles. The van der Waals surface area contributed by atoms with Gasteiger partial charge in [0.2, 0.25) is 0 Å². The van der Waals surface area contributed by atoms with Crippen molar-refractivity contribution in [2.45, 2.75) is 31.6 Å². The number of rotatable bonds is 6. The second-order valence-electron chi connectivity index (χ2n) is 3.99. The molecule has 0 radical (unpaired) electrons. The first-order chi connectivity index (χ1) is 8.77. The molecule has 0 heterocycles. The van der Waals surface area contributed by atoms with Gasteiger partial charge in [-0.2, -0.15) is 0 Å². The van der Waals surface area contributed by atoms with E-state index in [0.29, 0.717) is 12.2 Å². The quantitative estimate of drug-likeness (QED) is 0.349. The largest absolute Gasteiger partial charge is 0.492 e. The van der Waals surface area contributed by atoms with Gasteiger partial charge < -0.3 is 4.74 Å². The maximum absolute atomic E-state index is 11.5. The van der Waals surface area contributed by atoms with Gasteiger partial charge in [0.05, 0.1) is 11.5 Å². The first-order valence-electron chi connectivity index (χ1n) is 5.64. The highest BCUT2D eigenvalue weighted by atomic mass is 35.7. The highest BCUT2D eigenvalue weighted by molar-refractivity contribution is 8.13. The molecule has 19 heavy (non-hydrogen) atoms. The van der Waals surface area contributed by atoms with Gasteiger partial charge in [-0.25, -0.2) is 8.42 Å². The van der Waals surface area contributed by atoms with Crippen LogP contribution in [0, 0.1) is 17.0 Å². The number of halogens is 1. The Bertz CT molecular complexity index is 585. The fourth-order valence-corrected chi connectivity index (χ4v) is 2.56. The highest BCUT2D eigenvalue weighted by Crippen LogP contribution is 2.34. The zero-order valence-corrected chi connectivity index (χ0v) is 12.1. The Morgan fingerprint density at radius 1 is 1.42 bits per heavy atom. The van der Waals surface area contributed by atoms with Crippen LogP contribution in [-0.4, -0.2) is 19.9 Å². The van der Waals surface area contributed by atoms with Crippen molar-refractivity contribution in [1.29, 1.82) is 0 Å². The lowest BCUT2D eigenvalue weighted by molar-refractivity contribution is -0.385. The Kier molecular flexibility index (Phi) is 5.13. The molecular weight excluding hydrogens is 294 g/mol. The summed E-state index contributed by atoms with van der Waals surface area (Å²) in [5.74, 6) is 0.0778. The Labute approximate surface area is 115 Å². The lowest BCUT2D eigenvalue weighted by Crippen LogP contribution is -2.05. The number of benzene rings is 1. The smallest absolute Gasteiger partial charge is 0.271 e. The second kappa shape index (κ2) is 6.21. The number of non-ortho nitro benzene ring substituents is 1. The molecule has 0 aliphatic rings. The van der Waals surface area contributed by atoms with E-state index in [9.17, 15) is 18.5 Å². The Hall–Kier alpha value is -1.34. The number of ether oxygens (including phenoxy) is 1. The molecule has 0 aliphatic carbocycles. The molecule has 0 saturated heterocycles. The predicted octanol–water partition coefficient (Wildman–Crippen LogP) is 3.01. The van der Waals surface area contributed by atoms with Gasteiger partial charge in [0, 0.05) is 22.8 Å². The fraction of sp³-hybridized carbons (Fsp3) is 0.455. The van der Waals surface area contributed by atoms with Crippen LogP contribution < -0.4 is 4.74 Å². The average molecular weight is 308 g/mol. The molecule has 0 aliphatic heterocycles. The zero-order valence-electron chi connectivity index (χ0n) is 10.6. The van der Waals surface area contributed by atoms with E-state index in [4.69, 9.17) is 15.4 Å². The zero-order chi connectivity index (χ0) is 14.6. The third-order valence-corrected chi connectivity index (χ3v) is 3.77. The summed E-state index contributed by atoms with van der Waals surface area (Å²) < 4.78 is 28.3. The van der Waals surface area contributed by atoms with Gasteiger partial charge in [-0.3, -0.25) is 10.1 Å². The van der Waals surface area contributed by atoms with Gasteiger partial charge in [-0.05, 0) is 18.9 Å². The molecule has 0 spiro atoms. The molecule has 0 saturated carbocycles. The molecule has 0 unspecified atom stereocenters. The van der Waals surface area contributed by atoms with E-state index in [0.717, 1.165) is 18.9 Å². The van der Waals surface area contributed by atoms with Crippen molar-refractivity contribution in [2.24, 2.45) is 0 Å². The van der Waals surface area contributed by atoms with Crippen LogP contribution in [0.25, 0.3) is 0 Å². The molecule has 8 heteroatoms. The summed E-state index contributed by atoms with van der Waals surface area (Å²) in [5, 5.41) is 10.7. The minimum atomic E-state index is -4.11. The number of nitro groups is 1. The summed E-state index contributed by atoms with van der Waals surface area (Å²) in [4.78, 5) is 9.69. The van der Waals surface area contributed by atoms with Gasteiger partial charge >= 0.3 is 0 Å². The minimum absolute atomic E-state index is 0.0778. The third kappa shape index (κ3) is 4.07. The van der Waals surface area contributed by atoms with E-state index in [1.54, 1.807) is 6.92 Å². The van der Waals surface area contributed by atoms with Gasteiger partial charge in [0.1, 0.15) is 10.6 Å². The normalized spacial score (nSPS) is 11.3. The van der Waals surface area contributed by atoms with Crippen molar-refractivity contribution >= 4 is 25.4 Å². The van der Waals surface area contributed by atoms with Crippen molar-refractivity contribution in [3.05, 3.63) is 27.8 Å². The molecule has 0 fully saturated rings. The van der Waals surface area contributed by atoms with Crippen molar-refractivity contribution in [3.8, 4) is 5.75 Å². The molecular formula is C11H14ClNO5S. The Balaban J connectivity index is 3.32.